The minimum Gasteiger partial charge on any atom is -0.493 e. The van der Waals surface area contributed by atoms with E-state index in [2.05, 4.69) is 45.9 Å². The number of imide groups is 1. The van der Waals surface area contributed by atoms with Crippen LogP contribution in [0.1, 0.15) is 57.2 Å². The van der Waals surface area contributed by atoms with Crippen molar-refractivity contribution in [2.75, 3.05) is 85.0 Å². The van der Waals surface area contributed by atoms with E-state index < -0.39 is 0 Å². The Balaban J connectivity index is 0.878. The fraction of sp³-hybridized carbons (Fsp3) is 0.512. The number of nitrogens with one attached hydrogen (secondary N) is 1. The summed E-state index contributed by atoms with van der Waals surface area (Å²) in [4.78, 5) is 67.2. The lowest BCUT2D eigenvalue weighted by Gasteiger charge is -2.37. The Hall–Kier alpha value is -4.71. The van der Waals surface area contributed by atoms with E-state index in [0.717, 1.165) is 23.1 Å². The lowest BCUT2D eigenvalue weighted by molar-refractivity contribution is -0.139. The highest BCUT2D eigenvalue weighted by Gasteiger charge is 2.29. The van der Waals surface area contributed by atoms with Crippen LogP contribution in [0.2, 0.25) is 0 Å². The molecule has 0 aliphatic carbocycles. The molecule has 6 rings (SSSR count). The molecule has 0 unspecified atom stereocenters. The van der Waals surface area contributed by atoms with Crippen LogP contribution < -0.4 is 19.5 Å². The number of hydrogen-bond acceptors (Lipinski definition) is 14. The predicted molar refractivity (Wildman–Crippen MR) is 222 cm³/mol. The highest BCUT2D eigenvalue weighted by Crippen LogP contribution is 2.39. The zero-order valence-corrected chi connectivity index (χ0v) is 35.5. The molecule has 312 valence electrons. The quantitative estimate of drug-likeness (QED) is 0.162. The molecule has 0 spiro atoms. The number of carbonyl (C=O) groups excluding carboxylic acids is 4. The average Bonchev–Trinajstić information content (AvgIpc) is 3.90. The van der Waals surface area contributed by atoms with Crippen molar-refractivity contribution in [2.45, 2.75) is 55.4 Å². The van der Waals surface area contributed by atoms with Crippen LogP contribution in [0.3, 0.4) is 0 Å². The predicted octanol–water partition coefficient (Wildman–Crippen LogP) is 4.94. The maximum Gasteiger partial charge on any atom is 0.253 e. The van der Waals surface area contributed by atoms with Gasteiger partial charge in [0, 0.05) is 56.7 Å². The van der Waals surface area contributed by atoms with Gasteiger partial charge in [-0.05, 0) is 62.2 Å². The number of amides is 4. The number of oxazole rings is 1. The number of carbonyl (C=O) groups is 4. The molecular formula is C41H53N7O8S2. The van der Waals surface area contributed by atoms with Crippen molar-refractivity contribution in [3.05, 3.63) is 60.0 Å². The number of thioether (sulfide) groups is 1. The van der Waals surface area contributed by atoms with E-state index in [-0.39, 0.29) is 35.0 Å². The Bertz CT molecular complexity index is 1950. The number of nitrogens with zero attached hydrogens (tertiary/aromatic N) is 6. The van der Waals surface area contributed by atoms with E-state index in [0.29, 0.717) is 111 Å². The fourth-order valence-electron chi connectivity index (χ4n) is 6.79. The number of hydrogen-bond donors (Lipinski definition) is 1. The largest absolute Gasteiger partial charge is 0.493 e. The molecule has 2 saturated heterocycles. The molecule has 17 heteroatoms. The van der Waals surface area contributed by atoms with Gasteiger partial charge in [-0.15, -0.1) is 11.8 Å². The van der Waals surface area contributed by atoms with Crippen LogP contribution in [0.15, 0.2) is 51.4 Å². The number of aromatic nitrogens is 2. The minimum atomic E-state index is -0.385. The van der Waals surface area contributed by atoms with Crippen LogP contribution in [0.4, 0.5) is 5.13 Å². The third kappa shape index (κ3) is 11.5. The van der Waals surface area contributed by atoms with E-state index in [4.69, 9.17) is 18.6 Å². The summed E-state index contributed by atoms with van der Waals surface area (Å²) in [5.74, 6) is 2.74. The van der Waals surface area contributed by atoms with E-state index in [1.165, 1.54) is 28.4 Å². The van der Waals surface area contributed by atoms with Gasteiger partial charge in [-0.1, -0.05) is 38.2 Å². The third-order valence-corrected chi connectivity index (χ3v) is 12.3. The molecule has 4 amide bonds. The van der Waals surface area contributed by atoms with Gasteiger partial charge in [0.05, 0.1) is 43.1 Å². The molecule has 15 nitrogen and oxygen atoms in total. The summed E-state index contributed by atoms with van der Waals surface area (Å²) in [6.07, 6.45) is 11.7. The second kappa shape index (κ2) is 19.8. The van der Waals surface area contributed by atoms with Crippen LogP contribution in [0.5, 0.6) is 17.2 Å². The van der Waals surface area contributed by atoms with Crippen LogP contribution >= 0.6 is 23.1 Å². The van der Waals surface area contributed by atoms with Crippen LogP contribution in [0.25, 0.3) is 6.08 Å². The number of thiazole rings is 1. The third-order valence-electron chi connectivity index (χ3n) is 10.3. The van der Waals surface area contributed by atoms with Gasteiger partial charge in [-0.25, -0.2) is 9.97 Å². The minimum absolute atomic E-state index is 0.0281. The number of anilines is 1. The number of piperazine rings is 1. The van der Waals surface area contributed by atoms with Crippen molar-refractivity contribution in [1.82, 2.24) is 29.6 Å². The summed E-state index contributed by atoms with van der Waals surface area (Å²) in [5, 5.41) is 3.58. The normalized spacial score (nSPS) is 17.2. The number of benzene rings is 1. The summed E-state index contributed by atoms with van der Waals surface area (Å²) >= 11 is 3.02. The molecule has 1 aromatic carbocycles. The molecule has 0 atom stereocenters. The van der Waals surface area contributed by atoms with Gasteiger partial charge in [-0.2, -0.15) is 0 Å². The first-order chi connectivity index (χ1) is 27.9. The fourth-order valence-corrected chi connectivity index (χ4v) is 8.52. The summed E-state index contributed by atoms with van der Waals surface area (Å²) in [6, 6.07) is 3.51. The smallest absolute Gasteiger partial charge is 0.253 e. The van der Waals surface area contributed by atoms with E-state index in [1.54, 1.807) is 62.7 Å². The summed E-state index contributed by atoms with van der Waals surface area (Å²) in [7, 11) is 3.08. The Labute approximate surface area is 347 Å². The molecule has 3 aromatic rings. The molecule has 3 aliphatic rings. The molecular weight excluding hydrogens is 783 g/mol. The molecule has 2 fully saturated rings. The molecule has 0 saturated carbocycles. The number of piperidine rings is 1. The van der Waals surface area contributed by atoms with Gasteiger partial charge in [0.1, 0.15) is 12.4 Å². The van der Waals surface area contributed by atoms with E-state index in [1.807, 2.05) is 4.90 Å². The van der Waals surface area contributed by atoms with Crippen LogP contribution in [-0.4, -0.2) is 133 Å². The Morgan fingerprint density at radius 1 is 0.983 bits per heavy atom. The monoisotopic (exact) mass is 835 g/mol. The van der Waals surface area contributed by atoms with E-state index in [9.17, 15) is 19.2 Å². The van der Waals surface area contributed by atoms with Crippen molar-refractivity contribution < 1.29 is 37.8 Å². The molecule has 2 aromatic heterocycles. The number of methoxy groups -OCH3 is 2. The Morgan fingerprint density at radius 2 is 1.71 bits per heavy atom. The molecule has 58 heavy (non-hydrogen) atoms. The van der Waals surface area contributed by atoms with Gasteiger partial charge >= 0.3 is 0 Å². The number of ether oxygens (including phenoxy) is 3. The maximum atomic E-state index is 13.2. The molecule has 0 bridgehead atoms. The van der Waals surface area contributed by atoms with Gasteiger partial charge in [-0.3, -0.25) is 33.9 Å². The summed E-state index contributed by atoms with van der Waals surface area (Å²) in [5.41, 5.74) is 0.570. The Kier molecular flexibility index (Phi) is 14.7. The van der Waals surface area contributed by atoms with Crippen molar-refractivity contribution >= 4 is 57.9 Å². The standard InChI is InChI=1S/C41H53N7O8S2/c1-41(2,3)32-24-42-33(56-32)27-57-37-25-43-40(58-37)44-39(52)29-11-14-46(15-12-29)26-36(51)47-18-16-45(17-19-47)20-21-55-38-30(53-4)22-28(23-31(38)54-5)9-10-35(50)48-13-7-6-8-34(48)49/h6,8-10,22-25,29H,7,11-21,26-27H2,1-5H3,(H,43,44,52). The van der Waals surface area contributed by atoms with Gasteiger partial charge < -0.3 is 28.8 Å². The second-order valence-corrected chi connectivity index (χ2v) is 17.7. The topological polar surface area (TPSA) is 160 Å². The first kappa shape index (κ1) is 42.9. The van der Waals surface area contributed by atoms with Gasteiger partial charge in [0.15, 0.2) is 16.6 Å². The molecule has 1 N–H and O–H groups in total. The average molecular weight is 836 g/mol. The van der Waals surface area contributed by atoms with Crippen molar-refractivity contribution in [3.63, 3.8) is 0 Å². The zero-order valence-electron chi connectivity index (χ0n) is 33.9. The highest BCUT2D eigenvalue weighted by molar-refractivity contribution is 8.00. The maximum absolute atomic E-state index is 13.2. The van der Waals surface area contributed by atoms with Gasteiger partial charge in [0.25, 0.3) is 11.8 Å². The first-order valence-electron chi connectivity index (χ1n) is 19.6. The van der Waals surface area contributed by atoms with Crippen molar-refractivity contribution in [3.8, 4) is 17.2 Å². The van der Waals surface area contributed by atoms with Gasteiger partial charge in [0.2, 0.25) is 23.5 Å². The first-order valence-corrected chi connectivity index (χ1v) is 21.4. The number of likely N-dealkylation sites (tertiary alicyclic amines) is 1. The Morgan fingerprint density at radius 3 is 2.36 bits per heavy atom. The van der Waals surface area contributed by atoms with Crippen LogP contribution in [-0.2, 0) is 30.3 Å². The second-order valence-electron chi connectivity index (χ2n) is 15.4. The van der Waals surface area contributed by atoms with Crippen molar-refractivity contribution in [2.24, 2.45) is 5.92 Å². The van der Waals surface area contributed by atoms with Crippen LogP contribution in [0, 0.1) is 5.92 Å². The zero-order chi connectivity index (χ0) is 41.2. The number of rotatable bonds is 15. The SMILES string of the molecule is COc1cc(C=CC(=O)N2CCC=CC2=O)cc(OC)c1OCCN1CCN(C(=O)CN2CCC(C(=O)Nc3ncc(SCc4ncc(C(C)(C)C)o4)s3)CC2)CC1. The summed E-state index contributed by atoms with van der Waals surface area (Å²) in [6.45, 7) is 12.1. The molecule has 5 heterocycles. The molecule has 0 radical (unpaired) electrons. The van der Waals surface area contributed by atoms with Crippen molar-refractivity contribution in [1.29, 1.82) is 0 Å². The highest BCUT2D eigenvalue weighted by atomic mass is 32.2. The lowest BCUT2D eigenvalue weighted by atomic mass is 9.94. The van der Waals surface area contributed by atoms with E-state index >= 15 is 0 Å². The summed E-state index contributed by atoms with van der Waals surface area (Å²) < 4.78 is 24.2. The lowest BCUT2D eigenvalue weighted by Crippen LogP contribution is -2.52. The molecule has 3 aliphatic heterocycles.